The Balaban J connectivity index is 1.91. The molecule has 0 saturated carbocycles. The maximum atomic E-state index is 13.5. The molecule has 4 rings (SSSR count). The number of rotatable bonds is 4. The third-order valence-corrected chi connectivity index (χ3v) is 4.76. The molecule has 0 spiro atoms. The molecule has 1 amide bonds. The number of carbonyl (C=O) groups excluding carboxylic acids is 2. The van der Waals surface area contributed by atoms with Crippen LogP contribution in [0.1, 0.15) is 17.2 Å². The number of aromatic nitrogens is 2. The lowest BCUT2D eigenvalue weighted by molar-refractivity contribution is -0.132. The fourth-order valence-corrected chi connectivity index (χ4v) is 3.32. The number of benzene rings is 2. The number of Topliss-reactive ketones (excluding diaryl/α,β-unsaturated/α-hetero) is 1. The van der Waals surface area contributed by atoms with Gasteiger partial charge in [-0.1, -0.05) is 12.1 Å². The van der Waals surface area contributed by atoms with Crippen molar-refractivity contribution >= 4 is 23.4 Å². The summed E-state index contributed by atoms with van der Waals surface area (Å²) < 4.78 is 18.6. The van der Waals surface area contributed by atoms with Gasteiger partial charge < -0.3 is 9.84 Å². The predicted octanol–water partition coefficient (Wildman–Crippen LogP) is 3.25. The van der Waals surface area contributed by atoms with Crippen LogP contribution in [-0.4, -0.2) is 33.9 Å². The first-order valence-electron chi connectivity index (χ1n) is 8.99. The zero-order valence-electron chi connectivity index (χ0n) is 15.8. The number of carbonyl (C=O) groups is 2. The van der Waals surface area contributed by atoms with E-state index in [1.807, 2.05) is 0 Å². The van der Waals surface area contributed by atoms with Gasteiger partial charge in [0.1, 0.15) is 17.3 Å². The Morgan fingerprint density at radius 1 is 1.03 bits per heavy atom. The van der Waals surface area contributed by atoms with Gasteiger partial charge in [0.15, 0.2) is 0 Å². The molecule has 1 N–H and O–H groups in total. The third kappa shape index (κ3) is 3.28. The van der Waals surface area contributed by atoms with E-state index >= 15 is 0 Å². The van der Waals surface area contributed by atoms with Crippen LogP contribution in [0.15, 0.2) is 72.6 Å². The molecule has 1 aliphatic rings. The number of hydrogen-bond donors (Lipinski definition) is 1. The van der Waals surface area contributed by atoms with E-state index in [1.54, 1.807) is 30.3 Å². The highest BCUT2D eigenvalue weighted by molar-refractivity contribution is 6.51. The summed E-state index contributed by atoms with van der Waals surface area (Å²) in [5.74, 6) is -2.02. The van der Waals surface area contributed by atoms with Crippen molar-refractivity contribution in [2.45, 2.75) is 6.04 Å². The number of amides is 1. The summed E-state index contributed by atoms with van der Waals surface area (Å²) in [6, 6.07) is 12.3. The Morgan fingerprint density at radius 2 is 1.67 bits per heavy atom. The van der Waals surface area contributed by atoms with Crippen LogP contribution in [0.3, 0.4) is 0 Å². The van der Waals surface area contributed by atoms with Crippen LogP contribution in [0.2, 0.25) is 0 Å². The zero-order chi connectivity index (χ0) is 21.3. The van der Waals surface area contributed by atoms with Gasteiger partial charge in [-0.05, 0) is 48.0 Å². The normalized spacial score (nSPS) is 17.9. The standard InChI is InChI=1S/C22H16FN3O4/c1-30-16-9-5-14(6-10-16)19(27)17-18(13-3-7-15(23)8-4-13)26(21(29)20(17)28)22-24-11-2-12-25-22/h2-12,18,27H,1H3/b19-17+/t18-/m0/s1. The van der Waals surface area contributed by atoms with E-state index in [-0.39, 0.29) is 17.3 Å². The van der Waals surface area contributed by atoms with Gasteiger partial charge in [0, 0.05) is 18.0 Å². The zero-order valence-corrected chi connectivity index (χ0v) is 15.8. The minimum atomic E-state index is -1.02. The van der Waals surface area contributed by atoms with Crippen molar-refractivity contribution in [3.63, 3.8) is 0 Å². The third-order valence-electron chi connectivity index (χ3n) is 4.76. The molecule has 1 atom stereocenters. The molecule has 2 aromatic carbocycles. The summed E-state index contributed by atoms with van der Waals surface area (Å²) in [6.45, 7) is 0. The van der Waals surface area contributed by atoms with Gasteiger partial charge in [0.2, 0.25) is 5.95 Å². The fourth-order valence-electron chi connectivity index (χ4n) is 3.32. The number of hydrogen-bond acceptors (Lipinski definition) is 6. The number of methoxy groups -OCH3 is 1. The lowest BCUT2D eigenvalue weighted by Gasteiger charge is -2.23. The van der Waals surface area contributed by atoms with Crippen LogP contribution >= 0.6 is 0 Å². The van der Waals surface area contributed by atoms with E-state index in [9.17, 15) is 19.1 Å². The summed E-state index contributed by atoms with van der Waals surface area (Å²) in [4.78, 5) is 35.0. The maximum Gasteiger partial charge on any atom is 0.302 e. The summed E-state index contributed by atoms with van der Waals surface area (Å²) >= 11 is 0. The predicted molar refractivity (Wildman–Crippen MR) is 106 cm³/mol. The smallest absolute Gasteiger partial charge is 0.302 e. The highest BCUT2D eigenvalue weighted by Gasteiger charge is 2.48. The van der Waals surface area contributed by atoms with Crippen molar-refractivity contribution in [2.24, 2.45) is 0 Å². The van der Waals surface area contributed by atoms with E-state index in [2.05, 4.69) is 9.97 Å². The summed E-state index contributed by atoms with van der Waals surface area (Å²) in [5, 5.41) is 10.9. The first-order valence-corrected chi connectivity index (χ1v) is 8.99. The molecular formula is C22H16FN3O4. The van der Waals surface area contributed by atoms with Crippen LogP contribution in [0.5, 0.6) is 5.75 Å². The second-order valence-electron chi connectivity index (χ2n) is 6.50. The SMILES string of the molecule is COc1ccc(/C(O)=C2\C(=O)C(=O)N(c3ncccn3)[C@H]2c2ccc(F)cc2)cc1. The Kier molecular flexibility index (Phi) is 4.97. The van der Waals surface area contributed by atoms with Crippen LogP contribution in [-0.2, 0) is 9.59 Å². The number of nitrogens with zero attached hydrogens (tertiary/aromatic N) is 3. The molecular weight excluding hydrogens is 389 g/mol. The lowest BCUT2D eigenvalue weighted by atomic mass is 9.95. The largest absolute Gasteiger partial charge is 0.507 e. The van der Waals surface area contributed by atoms with Gasteiger partial charge >= 0.3 is 5.91 Å². The monoisotopic (exact) mass is 405 g/mol. The van der Waals surface area contributed by atoms with Crippen LogP contribution in [0.4, 0.5) is 10.3 Å². The molecule has 1 aliphatic heterocycles. The average molecular weight is 405 g/mol. The highest BCUT2D eigenvalue weighted by Crippen LogP contribution is 2.41. The molecule has 0 aliphatic carbocycles. The number of aliphatic hydroxyl groups excluding tert-OH is 1. The molecule has 0 unspecified atom stereocenters. The molecule has 7 nitrogen and oxygen atoms in total. The number of ketones is 1. The number of halogens is 1. The number of ether oxygens (including phenoxy) is 1. The Bertz CT molecular complexity index is 1130. The maximum absolute atomic E-state index is 13.5. The molecule has 150 valence electrons. The summed E-state index contributed by atoms with van der Waals surface area (Å²) in [7, 11) is 1.51. The van der Waals surface area contributed by atoms with E-state index in [0.29, 0.717) is 16.9 Å². The molecule has 3 aromatic rings. The second-order valence-corrected chi connectivity index (χ2v) is 6.50. The van der Waals surface area contributed by atoms with Crippen molar-refractivity contribution < 1.29 is 23.8 Å². The first-order chi connectivity index (χ1) is 14.5. The van der Waals surface area contributed by atoms with Gasteiger partial charge in [-0.15, -0.1) is 0 Å². The van der Waals surface area contributed by atoms with Gasteiger partial charge in [-0.25, -0.2) is 14.4 Å². The van der Waals surface area contributed by atoms with Crippen LogP contribution in [0.25, 0.3) is 5.76 Å². The minimum Gasteiger partial charge on any atom is -0.507 e. The molecule has 2 heterocycles. The van der Waals surface area contributed by atoms with Crippen molar-refractivity contribution in [1.29, 1.82) is 0 Å². The van der Waals surface area contributed by atoms with E-state index in [0.717, 1.165) is 4.90 Å². The van der Waals surface area contributed by atoms with Gasteiger partial charge in [0.05, 0.1) is 18.7 Å². The molecule has 0 bridgehead atoms. The topological polar surface area (TPSA) is 92.6 Å². The molecule has 30 heavy (non-hydrogen) atoms. The van der Waals surface area contributed by atoms with E-state index in [1.165, 1.54) is 43.8 Å². The summed E-state index contributed by atoms with van der Waals surface area (Å²) in [6.07, 6.45) is 2.87. The van der Waals surface area contributed by atoms with Crippen molar-refractivity contribution in [3.05, 3.63) is 89.5 Å². The van der Waals surface area contributed by atoms with Gasteiger partial charge in [-0.2, -0.15) is 0 Å². The molecule has 8 heteroatoms. The van der Waals surface area contributed by atoms with Gasteiger partial charge in [0.25, 0.3) is 5.78 Å². The van der Waals surface area contributed by atoms with Crippen molar-refractivity contribution in [2.75, 3.05) is 12.0 Å². The Labute approximate surface area is 171 Å². The van der Waals surface area contributed by atoms with Gasteiger partial charge in [-0.3, -0.25) is 14.5 Å². The summed E-state index contributed by atoms with van der Waals surface area (Å²) in [5.41, 5.74) is 0.622. The quantitative estimate of drug-likeness (QED) is 0.407. The number of aliphatic hydroxyl groups is 1. The number of anilines is 1. The lowest BCUT2D eigenvalue weighted by Crippen LogP contribution is -2.31. The average Bonchev–Trinajstić information content (AvgIpc) is 3.05. The first kappa shape index (κ1) is 19.3. The van der Waals surface area contributed by atoms with Crippen molar-refractivity contribution in [3.8, 4) is 5.75 Å². The van der Waals surface area contributed by atoms with Crippen LogP contribution < -0.4 is 9.64 Å². The molecule has 0 radical (unpaired) electrons. The molecule has 1 fully saturated rings. The minimum absolute atomic E-state index is 0.00251. The van der Waals surface area contributed by atoms with Crippen LogP contribution in [0, 0.1) is 5.82 Å². The Hall–Kier alpha value is -4.07. The highest BCUT2D eigenvalue weighted by atomic mass is 19.1. The van der Waals surface area contributed by atoms with Crippen molar-refractivity contribution in [1.82, 2.24) is 9.97 Å². The molecule has 1 saturated heterocycles. The van der Waals surface area contributed by atoms with E-state index in [4.69, 9.17) is 4.74 Å². The second kappa shape index (κ2) is 7.75. The Morgan fingerprint density at radius 3 is 2.27 bits per heavy atom. The fraction of sp³-hybridized carbons (Fsp3) is 0.0909. The molecule has 1 aromatic heterocycles. The van der Waals surface area contributed by atoms with E-state index < -0.39 is 23.5 Å².